The van der Waals surface area contributed by atoms with Gasteiger partial charge >= 0.3 is 0 Å². The number of hydrogen-bond donors (Lipinski definition) is 1. The Morgan fingerprint density at radius 1 is 1.14 bits per heavy atom. The van der Waals surface area contributed by atoms with Crippen LogP contribution in [0, 0.1) is 17.1 Å². The average Bonchev–Trinajstić information content (AvgIpc) is 2.71. The smallest absolute Gasteiger partial charge is 0.265 e. The van der Waals surface area contributed by atoms with Crippen LogP contribution in [0.15, 0.2) is 66.9 Å². The molecule has 0 fully saturated rings. The van der Waals surface area contributed by atoms with Crippen LogP contribution in [0.5, 0.6) is 17.4 Å². The number of nitrogens with one attached hydrogen (secondary N) is 1. The summed E-state index contributed by atoms with van der Waals surface area (Å²) in [4.78, 5) is 16.4. The number of pyridine rings is 1. The lowest BCUT2D eigenvalue weighted by Gasteiger charge is -2.15. The molecule has 0 radical (unpaired) electrons. The second-order valence-corrected chi connectivity index (χ2v) is 5.80. The maximum absolute atomic E-state index is 12.9. The molecule has 0 bridgehead atoms. The number of rotatable bonds is 6. The van der Waals surface area contributed by atoms with Gasteiger partial charge in [0.15, 0.2) is 6.10 Å². The summed E-state index contributed by atoms with van der Waals surface area (Å²) in [7, 11) is 0. The number of hydrogen-bond acceptors (Lipinski definition) is 5. The first kappa shape index (κ1) is 18.9. The number of para-hydroxylation sites is 1. The number of benzene rings is 2. The van der Waals surface area contributed by atoms with Crippen molar-refractivity contribution in [3.05, 3.63) is 78.2 Å². The second kappa shape index (κ2) is 8.64. The SMILES string of the molecule is CC(Oc1ccccc1C#N)C(=O)Nc1ccc(Oc2ccc(F)cc2)nc1. The Labute approximate surface area is 161 Å². The van der Waals surface area contributed by atoms with Crippen molar-refractivity contribution in [1.29, 1.82) is 5.26 Å². The van der Waals surface area contributed by atoms with E-state index in [4.69, 9.17) is 14.7 Å². The van der Waals surface area contributed by atoms with Gasteiger partial charge in [0.2, 0.25) is 5.88 Å². The molecule has 1 heterocycles. The van der Waals surface area contributed by atoms with Crippen LogP contribution in [-0.2, 0) is 4.79 Å². The van der Waals surface area contributed by atoms with E-state index in [0.29, 0.717) is 28.6 Å². The first-order valence-corrected chi connectivity index (χ1v) is 8.41. The molecule has 1 atom stereocenters. The molecule has 0 spiro atoms. The van der Waals surface area contributed by atoms with Crippen molar-refractivity contribution in [2.75, 3.05) is 5.32 Å². The molecule has 0 aliphatic rings. The van der Waals surface area contributed by atoms with E-state index in [0.717, 1.165) is 0 Å². The van der Waals surface area contributed by atoms with E-state index < -0.39 is 6.10 Å². The van der Waals surface area contributed by atoms with Crippen molar-refractivity contribution in [1.82, 2.24) is 4.98 Å². The fourth-order valence-electron chi connectivity index (χ4n) is 2.29. The van der Waals surface area contributed by atoms with Gasteiger partial charge in [-0.1, -0.05) is 12.1 Å². The number of aromatic nitrogens is 1. The number of anilines is 1. The predicted molar refractivity (Wildman–Crippen MR) is 101 cm³/mol. The molecule has 7 heteroatoms. The van der Waals surface area contributed by atoms with Crippen LogP contribution in [0.3, 0.4) is 0 Å². The minimum absolute atomic E-state index is 0.303. The van der Waals surface area contributed by atoms with Crippen LogP contribution in [-0.4, -0.2) is 17.0 Å². The molecule has 0 saturated carbocycles. The van der Waals surface area contributed by atoms with Gasteiger partial charge in [-0.05, 0) is 49.4 Å². The second-order valence-electron chi connectivity index (χ2n) is 5.80. The topological polar surface area (TPSA) is 84.2 Å². The molecule has 0 aliphatic heterocycles. The van der Waals surface area contributed by atoms with E-state index in [-0.39, 0.29) is 11.7 Å². The summed E-state index contributed by atoms with van der Waals surface area (Å²) in [6.45, 7) is 1.59. The highest BCUT2D eigenvalue weighted by Crippen LogP contribution is 2.21. The van der Waals surface area contributed by atoms with Gasteiger partial charge in [0.25, 0.3) is 5.91 Å². The molecule has 1 aromatic heterocycles. The van der Waals surface area contributed by atoms with Crippen molar-refractivity contribution in [2.24, 2.45) is 0 Å². The van der Waals surface area contributed by atoms with Gasteiger partial charge in [0.05, 0.1) is 17.4 Å². The lowest BCUT2D eigenvalue weighted by molar-refractivity contribution is -0.122. The Morgan fingerprint density at radius 2 is 1.89 bits per heavy atom. The summed E-state index contributed by atoms with van der Waals surface area (Å²) >= 11 is 0. The molecule has 1 amide bonds. The molecule has 0 aliphatic carbocycles. The summed E-state index contributed by atoms with van der Waals surface area (Å²) in [5.41, 5.74) is 0.812. The molecule has 1 N–H and O–H groups in total. The van der Waals surface area contributed by atoms with Crippen molar-refractivity contribution in [3.63, 3.8) is 0 Å². The van der Waals surface area contributed by atoms with Crippen LogP contribution in [0.25, 0.3) is 0 Å². The number of nitrogens with zero attached hydrogens (tertiary/aromatic N) is 2. The summed E-state index contributed by atoms with van der Waals surface area (Å²) in [6, 6.07) is 17.5. The number of carbonyl (C=O) groups excluding carboxylic acids is 1. The Morgan fingerprint density at radius 3 is 2.57 bits per heavy atom. The highest BCUT2D eigenvalue weighted by atomic mass is 19.1. The van der Waals surface area contributed by atoms with E-state index in [2.05, 4.69) is 10.3 Å². The Hall–Kier alpha value is -3.92. The molecule has 28 heavy (non-hydrogen) atoms. The third-order valence-corrected chi connectivity index (χ3v) is 3.72. The largest absolute Gasteiger partial charge is 0.480 e. The predicted octanol–water partition coefficient (Wildman–Crippen LogP) is 4.29. The Bertz CT molecular complexity index is 999. The normalized spacial score (nSPS) is 11.2. The van der Waals surface area contributed by atoms with E-state index in [1.807, 2.05) is 6.07 Å². The number of amides is 1. The van der Waals surface area contributed by atoms with Crippen LogP contribution in [0.2, 0.25) is 0 Å². The zero-order chi connectivity index (χ0) is 19.9. The minimum atomic E-state index is -0.815. The van der Waals surface area contributed by atoms with Gasteiger partial charge < -0.3 is 14.8 Å². The molecule has 2 aromatic carbocycles. The minimum Gasteiger partial charge on any atom is -0.480 e. The first-order valence-electron chi connectivity index (χ1n) is 8.41. The summed E-state index contributed by atoms with van der Waals surface area (Å²) < 4.78 is 24.0. The van der Waals surface area contributed by atoms with Crippen molar-refractivity contribution in [2.45, 2.75) is 13.0 Å². The molecule has 140 valence electrons. The van der Waals surface area contributed by atoms with Gasteiger partial charge in [-0.15, -0.1) is 0 Å². The highest BCUT2D eigenvalue weighted by molar-refractivity contribution is 5.94. The lowest BCUT2D eigenvalue weighted by atomic mass is 10.2. The monoisotopic (exact) mass is 377 g/mol. The van der Waals surface area contributed by atoms with Gasteiger partial charge in [-0.25, -0.2) is 9.37 Å². The fourth-order valence-corrected chi connectivity index (χ4v) is 2.29. The molecule has 0 saturated heterocycles. The molecular formula is C21H16FN3O3. The molecule has 6 nitrogen and oxygen atoms in total. The number of carbonyl (C=O) groups is 1. The van der Waals surface area contributed by atoms with Crippen molar-refractivity contribution in [3.8, 4) is 23.4 Å². The quantitative estimate of drug-likeness (QED) is 0.693. The van der Waals surface area contributed by atoms with E-state index in [1.165, 1.54) is 30.5 Å². The van der Waals surface area contributed by atoms with Gasteiger partial charge in [0.1, 0.15) is 23.4 Å². The number of ether oxygens (including phenoxy) is 2. The number of halogens is 1. The third kappa shape index (κ3) is 4.83. The molecule has 1 unspecified atom stereocenters. The van der Waals surface area contributed by atoms with Crippen LogP contribution in [0.1, 0.15) is 12.5 Å². The fraction of sp³-hybridized carbons (Fsp3) is 0.0952. The van der Waals surface area contributed by atoms with Gasteiger partial charge in [-0.2, -0.15) is 5.26 Å². The molecule has 3 aromatic rings. The summed E-state index contributed by atoms with van der Waals surface area (Å²) in [5, 5.41) is 11.8. The number of nitriles is 1. The molecule has 3 rings (SSSR count). The maximum Gasteiger partial charge on any atom is 0.265 e. The van der Waals surface area contributed by atoms with E-state index in [1.54, 1.807) is 43.3 Å². The molecular weight excluding hydrogens is 361 g/mol. The van der Waals surface area contributed by atoms with E-state index >= 15 is 0 Å². The van der Waals surface area contributed by atoms with Crippen molar-refractivity contribution >= 4 is 11.6 Å². The Kier molecular flexibility index (Phi) is 5.82. The van der Waals surface area contributed by atoms with Crippen LogP contribution >= 0.6 is 0 Å². The average molecular weight is 377 g/mol. The van der Waals surface area contributed by atoms with Gasteiger partial charge in [0, 0.05) is 6.07 Å². The Balaban J connectivity index is 1.59. The van der Waals surface area contributed by atoms with Crippen LogP contribution in [0.4, 0.5) is 10.1 Å². The zero-order valence-corrected chi connectivity index (χ0v) is 14.9. The van der Waals surface area contributed by atoms with E-state index in [9.17, 15) is 9.18 Å². The maximum atomic E-state index is 12.9. The van der Waals surface area contributed by atoms with Crippen LogP contribution < -0.4 is 14.8 Å². The first-order chi connectivity index (χ1) is 13.5. The van der Waals surface area contributed by atoms with Gasteiger partial charge in [-0.3, -0.25) is 4.79 Å². The standard InChI is InChI=1S/C21H16FN3O3/c1-14(27-19-5-3-2-4-15(19)12-23)21(26)25-17-8-11-20(24-13-17)28-18-9-6-16(22)7-10-18/h2-11,13-14H,1H3,(H,25,26). The zero-order valence-electron chi connectivity index (χ0n) is 14.9. The van der Waals surface area contributed by atoms with Crippen molar-refractivity contribution < 1.29 is 18.7 Å². The third-order valence-electron chi connectivity index (χ3n) is 3.72. The summed E-state index contributed by atoms with van der Waals surface area (Å²) in [5.74, 6) is 0.350. The highest BCUT2D eigenvalue weighted by Gasteiger charge is 2.16. The summed E-state index contributed by atoms with van der Waals surface area (Å²) in [6.07, 6.45) is 0.622. The lowest BCUT2D eigenvalue weighted by Crippen LogP contribution is -2.30.